The van der Waals surface area contributed by atoms with Gasteiger partial charge >= 0.3 is 5.91 Å². The second kappa shape index (κ2) is 6.53. The summed E-state index contributed by atoms with van der Waals surface area (Å²) in [6.07, 6.45) is 0. The average molecular weight is 363 g/mol. The van der Waals surface area contributed by atoms with Gasteiger partial charge in [-0.05, 0) is 5.56 Å². The van der Waals surface area contributed by atoms with Crippen LogP contribution in [0.3, 0.4) is 0 Å². The molecule has 2 heterocycles. The molecular weight excluding hydrogens is 350 g/mol. The van der Waals surface area contributed by atoms with Gasteiger partial charge in [0.25, 0.3) is 5.78 Å². The number of amides is 1. The molecule has 0 saturated carbocycles. The van der Waals surface area contributed by atoms with Crippen LogP contribution in [-0.4, -0.2) is 27.0 Å². The van der Waals surface area contributed by atoms with E-state index in [0.717, 1.165) is 11.3 Å². The lowest BCUT2D eigenvalue weighted by atomic mass is 9.95. The standard InChI is InChI=1S/C19H13N3O3S/c23-16(13-9-5-2-6-10-13)14-15(12-7-3-1-4-8-12)22(18(25)17(14)24)19-21-20-11-26-19/h1-11,15,23H. The lowest BCUT2D eigenvalue weighted by Crippen LogP contribution is -2.29. The Labute approximate surface area is 153 Å². The zero-order chi connectivity index (χ0) is 18.1. The first-order chi connectivity index (χ1) is 12.7. The second-order valence-corrected chi connectivity index (χ2v) is 6.48. The van der Waals surface area contributed by atoms with E-state index in [2.05, 4.69) is 10.2 Å². The molecule has 26 heavy (non-hydrogen) atoms. The summed E-state index contributed by atoms with van der Waals surface area (Å²) in [6.45, 7) is 0. The van der Waals surface area contributed by atoms with Gasteiger partial charge < -0.3 is 5.11 Å². The molecular formula is C19H13N3O3S. The largest absolute Gasteiger partial charge is 0.507 e. The Hall–Kier alpha value is -3.32. The van der Waals surface area contributed by atoms with Crippen LogP contribution in [-0.2, 0) is 9.59 Å². The molecule has 1 N–H and O–H groups in total. The maximum absolute atomic E-state index is 12.8. The summed E-state index contributed by atoms with van der Waals surface area (Å²) >= 11 is 1.16. The summed E-state index contributed by atoms with van der Waals surface area (Å²) in [5.41, 5.74) is 2.72. The Morgan fingerprint density at radius 2 is 1.65 bits per heavy atom. The molecule has 6 nitrogen and oxygen atoms in total. The number of hydrogen-bond acceptors (Lipinski definition) is 6. The molecule has 1 amide bonds. The van der Waals surface area contributed by atoms with E-state index in [1.165, 1.54) is 10.4 Å². The van der Waals surface area contributed by atoms with Gasteiger partial charge in [0, 0.05) is 5.56 Å². The highest BCUT2D eigenvalue weighted by Gasteiger charge is 2.48. The first-order valence-corrected chi connectivity index (χ1v) is 8.74. The number of hydrogen-bond donors (Lipinski definition) is 1. The number of aliphatic hydroxyl groups excluding tert-OH is 1. The highest BCUT2D eigenvalue weighted by atomic mass is 32.1. The number of carbonyl (C=O) groups is 2. The summed E-state index contributed by atoms with van der Waals surface area (Å²) < 4.78 is 0. The highest BCUT2D eigenvalue weighted by Crippen LogP contribution is 2.42. The van der Waals surface area contributed by atoms with Crippen LogP contribution in [0.5, 0.6) is 0 Å². The number of anilines is 1. The fraction of sp³-hybridized carbons (Fsp3) is 0.0526. The quantitative estimate of drug-likeness (QED) is 0.439. The van der Waals surface area contributed by atoms with E-state index in [1.807, 2.05) is 36.4 Å². The number of carbonyl (C=O) groups excluding carboxylic acids is 2. The van der Waals surface area contributed by atoms with Crippen molar-refractivity contribution < 1.29 is 14.7 Å². The zero-order valence-corrected chi connectivity index (χ0v) is 14.3. The molecule has 1 aromatic heterocycles. The number of benzene rings is 2. The fourth-order valence-electron chi connectivity index (χ4n) is 3.00. The van der Waals surface area contributed by atoms with Crippen molar-refractivity contribution in [1.29, 1.82) is 0 Å². The molecule has 4 rings (SSSR count). The van der Waals surface area contributed by atoms with E-state index >= 15 is 0 Å². The molecule has 7 heteroatoms. The minimum absolute atomic E-state index is 0.0441. The van der Waals surface area contributed by atoms with Gasteiger partial charge in [-0.3, -0.25) is 14.5 Å². The summed E-state index contributed by atoms with van der Waals surface area (Å²) in [6, 6.07) is 17.0. The van der Waals surface area contributed by atoms with Crippen molar-refractivity contribution in [1.82, 2.24) is 10.2 Å². The summed E-state index contributed by atoms with van der Waals surface area (Å²) in [7, 11) is 0. The van der Waals surface area contributed by atoms with Crippen molar-refractivity contribution in [3.63, 3.8) is 0 Å². The van der Waals surface area contributed by atoms with Crippen LogP contribution in [0.15, 0.2) is 71.7 Å². The number of rotatable bonds is 3. The molecule has 1 aliphatic heterocycles. The Morgan fingerprint density at radius 1 is 1.00 bits per heavy atom. The zero-order valence-electron chi connectivity index (χ0n) is 13.4. The Kier molecular flexibility index (Phi) is 4.06. The van der Waals surface area contributed by atoms with Crippen LogP contribution in [0, 0.1) is 0 Å². The third-order valence-corrected chi connectivity index (χ3v) is 4.85. The molecule has 2 aromatic carbocycles. The molecule has 0 spiro atoms. The molecule has 0 aliphatic carbocycles. The Bertz CT molecular complexity index is 985. The van der Waals surface area contributed by atoms with Crippen LogP contribution < -0.4 is 4.90 Å². The van der Waals surface area contributed by atoms with Crippen molar-refractivity contribution in [2.45, 2.75) is 6.04 Å². The first kappa shape index (κ1) is 16.2. The number of aliphatic hydroxyl groups is 1. The van der Waals surface area contributed by atoms with Gasteiger partial charge in [-0.15, -0.1) is 10.2 Å². The van der Waals surface area contributed by atoms with Gasteiger partial charge in [0.2, 0.25) is 5.13 Å². The molecule has 128 valence electrons. The fourth-order valence-corrected chi connectivity index (χ4v) is 3.59. The van der Waals surface area contributed by atoms with Crippen molar-refractivity contribution in [3.05, 3.63) is 82.9 Å². The van der Waals surface area contributed by atoms with E-state index < -0.39 is 17.7 Å². The van der Waals surface area contributed by atoms with E-state index in [0.29, 0.717) is 16.3 Å². The van der Waals surface area contributed by atoms with Crippen LogP contribution >= 0.6 is 11.3 Å². The molecule has 1 fully saturated rings. The molecule has 3 aromatic rings. The summed E-state index contributed by atoms with van der Waals surface area (Å²) in [5.74, 6) is -1.67. The summed E-state index contributed by atoms with van der Waals surface area (Å²) in [4.78, 5) is 26.8. The number of aromatic nitrogens is 2. The van der Waals surface area contributed by atoms with Crippen LogP contribution in [0.1, 0.15) is 17.2 Å². The van der Waals surface area contributed by atoms with Gasteiger partial charge in [-0.25, -0.2) is 0 Å². The lowest BCUT2D eigenvalue weighted by molar-refractivity contribution is -0.132. The van der Waals surface area contributed by atoms with Crippen molar-refractivity contribution in [2.24, 2.45) is 0 Å². The molecule has 1 atom stereocenters. The molecule has 1 saturated heterocycles. The predicted octanol–water partition coefficient (Wildman–Crippen LogP) is 3.16. The van der Waals surface area contributed by atoms with Gasteiger partial charge in [-0.1, -0.05) is 72.0 Å². The van der Waals surface area contributed by atoms with Crippen molar-refractivity contribution in [3.8, 4) is 0 Å². The van der Waals surface area contributed by atoms with Gasteiger partial charge in [0.1, 0.15) is 11.3 Å². The van der Waals surface area contributed by atoms with E-state index in [1.54, 1.807) is 24.3 Å². The Morgan fingerprint density at radius 3 is 2.27 bits per heavy atom. The minimum atomic E-state index is -0.760. The van der Waals surface area contributed by atoms with E-state index in [4.69, 9.17) is 0 Å². The number of ketones is 1. The van der Waals surface area contributed by atoms with Crippen LogP contribution in [0.4, 0.5) is 5.13 Å². The molecule has 0 radical (unpaired) electrons. The molecule has 1 aliphatic rings. The highest BCUT2D eigenvalue weighted by molar-refractivity contribution is 7.13. The molecule has 0 bridgehead atoms. The normalized spacial score (nSPS) is 19.1. The number of nitrogens with zero attached hydrogens (tertiary/aromatic N) is 3. The third kappa shape index (κ3) is 2.58. The Balaban J connectivity index is 1.95. The van der Waals surface area contributed by atoms with Gasteiger partial charge in [0.05, 0.1) is 11.6 Å². The maximum atomic E-state index is 12.8. The van der Waals surface area contributed by atoms with E-state index in [-0.39, 0.29) is 11.3 Å². The SMILES string of the molecule is O=C1C(=O)N(c2nncs2)C(c2ccccc2)C1=C(O)c1ccccc1. The monoisotopic (exact) mass is 363 g/mol. The van der Waals surface area contributed by atoms with Gasteiger partial charge in [-0.2, -0.15) is 0 Å². The van der Waals surface area contributed by atoms with Gasteiger partial charge in [0.15, 0.2) is 0 Å². The lowest BCUT2D eigenvalue weighted by Gasteiger charge is -2.22. The predicted molar refractivity (Wildman–Crippen MR) is 97.6 cm³/mol. The third-order valence-electron chi connectivity index (χ3n) is 4.16. The summed E-state index contributed by atoms with van der Waals surface area (Å²) in [5, 5.41) is 18.8. The number of Topliss-reactive ketones (excluding diaryl/α,β-unsaturated/α-hetero) is 1. The smallest absolute Gasteiger partial charge is 0.301 e. The van der Waals surface area contributed by atoms with E-state index in [9.17, 15) is 14.7 Å². The van der Waals surface area contributed by atoms with Crippen LogP contribution in [0.25, 0.3) is 5.76 Å². The second-order valence-electron chi connectivity index (χ2n) is 5.67. The average Bonchev–Trinajstić information content (AvgIpc) is 3.30. The molecule has 1 unspecified atom stereocenters. The maximum Gasteiger partial charge on any atom is 0.301 e. The topological polar surface area (TPSA) is 83.4 Å². The van der Waals surface area contributed by atoms with Crippen molar-refractivity contribution in [2.75, 3.05) is 4.90 Å². The first-order valence-electron chi connectivity index (χ1n) is 7.86. The van der Waals surface area contributed by atoms with Crippen molar-refractivity contribution >= 4 is 33.9 Å². The van der Waals surface area contributed by atoms with Crippen LogP contribution in [0.2, 0.25) is 0 Å². The minimum Gasteiger partial charge on any atom is -0.507 e.